The Balaban J connectivity index is 2.12. The summed E-state index contributed by atoms with van der Waals surface area (Å²) in [6, 6.07) is 22.9. The molecule has 0 spiro atoms. The van der Waals surface area contributed by atoms with E-state index in [4.69, 9.17) is 0 Å². The van der Waals surface area contributed by atoms with E-state index in [0.29, 0.717) is 0 Å². The van der Waals surface area contributed by atoms with Crippen LogP contribution in [0.3, 0.4) is 0 Å². The van der Waals surface area contributed by atoms with E-state index in [1.165, 1.54) is 16.6 Å². The van der Waals surface area contributed by atoms with Crippen molar-refractivity contribution in [3.63, 3.8) is 0 Å². The Hall–Kier alpha value is -2.35. The Bertz CT molecular complexity index is 678. The summed E-state index contributed by atoms with van der Waals surface area (Å²) < 4.78 is 0. The van der Waals surface area contributed by atoms with Crippen molar-refractivity contribution in [3.8, 4) is 22.4 Å². The standard InChI is InChI=1S/C17H14BN/c18-16-12-19-17(14-9-5-2-6-10-14)11-15(16)13-7-3-1-4-8-13/h1-12H,18H2. The maximum Gasteiger partial charge on any atom is 0.142 e. The summed E-state index contributed by atoms with van der Waals surface area (Å²) in [5.74, 6) is 0. The molecule has 0 amide bonds. The fourth-order valence-electron chi connectivity index (χ4n) is 2.22. The molecule has 0 N–H and O–H groups in total. The SMILES string of the molecule is Bc1cnc(-c2ccccc2)cc1-c1ccccc1. The van der Waals surface area contributed by atoms with Crippen LogP contribution in [0.4, 0.5) is 0 Å². The van der Waals surface area contributed by atoms with Crippen LogP contribution in [0, 0.1) is 0 Å². The number of pyridine rings is 1. The van der Waals surface area contributed by atoms with Gasteiger partial charge in [0.25, 0.3) is 0 Å². The monoisotopic (exact) mass is 243 g/mol. The van der Waals surface area contributed by atoms with Gasteiger partial charge in [-0.3, -0.25) is 4.98 Å². The highest BCUT2D eigenvalue weighted by atomic mass is 14.7. The molecule has 1 heterocycles. The second kappa shape index (κ2) is 5.11. The zero-order valence-corrected chi connectivity index (χ0v) is 10.9. The Morgan fingerprint density at radius 2 is 1.32 bits per heavy atom. The first-order valence-electron chi connectivity index (χ1n) is 6.42. The average Bonchev–Trinajstić information content (AvgIpc) is 2.49. The molecule has 3 rings (SSSR count). The number of rotatable bonds is 2. The first-order chi connectivity index (χ1) is 9.34. The van der Waals surface area contributed by atoms with E-state index in [1.54, 1.807) is 0 Å². The van der Waals surface area contributed by atoms with Crippen LogP contribution >= 0.6 is 0 Å². The van der Waals surface area contributed by atoms with Gasteiger partial charge in [-0.15, -0.1) is 0 Å². The molecule has 0 fully saturated rings. The summed E-state index contributed by atoms with van der Waals surface area (Å²) in [5, 5.41) is 0. The third-order valence-electron chi connectivity index (χ3n) is 3.26. The van der Waals surface area contributed by atoms with E-state index in [1.807, 2.05) is 30.5 Å². The van der Waals surface area contributed by atoms with Crippen molar-refractivity contribution in [2.45, 2.75) is 0 Å². The van der Waals surface area contributed by atoms with E-state index in [2.05, 4.69) is 55.3 Å². The number of benzene rings is 2. The maximum absolute atomic E-state index is 4.53. The van der Waals surface area contributed by atoms with Gasteiger partial charge in [0.1, 0.15) is 7.85 Å². The van der Waals surface area contributed by atoms with Gasteiger partial charge in [-0.1, -0.05) is 66.1 Å². The van der Waals surface area contributed by atoms with Gasteiger partial charge in [-0.25, -0.2) is 0 Å². The molecule has 0 saturated heterocycles. The Morgan fingerprint density at radius 1 is 0.737 bits per heavy atom. The predicted molar refractivity (Wildman–Crippen MR) is 83.3 cm³/mol. The average molecular weight is 243 g/mol. The van der Waals surface area contributed by atoms with E-state index < -0.39 is 0 Å². The molecule has 0 radical (unpaired) electrons. The summed E-state index contributed by atoms with van der Waals surface area (Å²) >= 11 is 0. The third kappa shape index (κ3) is 2.43. The highest BCUT2D eigenvalue weighted by molar-refractivity contribution is 6.35. The molecule has 0 aliphatic carbocycles. The quantitative estimate of drug-likeness (QED) is 0.630. The van der Waals surface area contributed by atoms with Gasteiger partial charge in [0, 0.05) is 11.8 Å². The van der Waals surface area contributed by atoms with Crippen LogP contribution in [-0.2, 0) is 0 Å². The minimum atomic E-state index is 1.02. The lowest BCUT2D eigenvalue weighted by atomic mass is 9.88. The maximum atomic E-state index is 4.53. The molecule has 19 heavy (non-hydrogen) atoms. The van der Waals surface area contributed by atoms with Crippen molar-refractivity contribution in [2.75, 3.05) is 0 Å². The zero-order valence-electron chi connectivity index (χ0n) is 10.9. The second-order valence-electron chi connectivity index (χ2n) is 4.62. The van der Waals surface area contributed by atoms with Crippen molar-refractivity contribution in [2.24, 2.45) is 0 Å². The number of aromatic nitrogens is 1. The summed E-state index contributed by atoms with van der Waals surface area (Å²) in [6.45, 7) is 0. The Labute approximate surface area is 114 Å². The lowest BCUT2D eigenvalue weighted by Crippen LogP contribution is -2.08. The van der Waals surface area contributed by atoms with Gasteiger partial charge in [-0.2, -0.15) is 0 Å². The number of hydrogen-bond donors (Lipinski definition) is 0. The molecule has 1 nitrogen and oxygen atoms in total. The molecular weight excluding hydrogens is 229 g/mol. The third-order valence-corrected chi connectivity index (χ3v) is 3.26. The first-order valence-corrected chi connectivity index (χ1v) is 6.42. The highest BCUT2D eigenvalue weighted by Gasteiger charge is 2.05. The Morgan fingerprint density at radius 3 is 1.95 bits per heavy atom. The van der Waals surface area contributed by atoms with Crippen LogP contribution in [0.5, 0.6) is 0 Å². The summed E-state index contributed by atoms with van der Waals surface area (Å²) in [4.78, 5) is 4.53. The minimum Gasteiger partial charge on any atom is -0.257 e. The van der Waals surface area contributed by atoms with Gasteiger partial charge in [-0.05, 0) is 17.2 Å². The van der Waals surface area contributed by atoms with Crippen LogP contribution in [0.2, 0.25) is 0 Å². The van der Waals surface area contributed by atoms with E-state index in [9.17, 15) is 0 Å². The smallest absolute Gasteiger partial charge is 0.142 e. The highest BCUT2D eigenvalue weighted by Crippen LogP contribution is 2.22. The molecular formula is C17H14BN. The second-order valence-corrected chi connectivity index (χ2v) is 4.62. The van der Waals surface area contributed by atoms with Crippen LogP contribution < -0.4 is 5.46 Å². The number of nitrogens with zero attached hydrogens (tertiary/aromatic N) is 1. The van der Waals surface area contributed by atoms with E-state index in [-0.39, 0.29) is 0 Å². The predicted octanol–water partition coefficient (Wildman–Crippen LogP) is 2.67. The molecule has 90 valence electrons. The molecule has 0 atom stereocenters. The topological polar surface area (TPSA) is 12.9 Å². The van der Waals surface area contributed by atoms with E-state index >= 15 is 0 Å². The lowest BCUT2D eigenvalue weighted by Gasteiger charge is -2.09. The minimum absolute atomic E-state index is 1.02. The molecule has 0 aliphatic heterocycles. The van der Waals surface area contributed by atoms with E-state index in [0.717, 1.165) is 11.3 Å². The fourth-order valence-corrected chi connectivity index (χ4v) is 2.22. The van der Waals surface area contributed by atoms with Crippen molar-refractivity contribution >= 4 is 13.3 Å². The molecule has 3 aromatic rings. The zero-order chi connectivity index (χ0) is 13.1. The van der Waals surface area contributed by atoms with Crippen molar-refractivity contribution in [3.05, 3.63) is 72.9 Å². The van der Waals surface area contributed by atoms with Crippen LogP contribution in [0.25, 0.3) is 22.4 Å². The van der Waals surface area contributed by atoms with Crippen LogP contribution in [0.15, 0.2) is 72.9 Å². The number of hydrogen-bond acceptors (Lipinski definition) is 1. The summed E-state index contributed by atoms with van der Waals surface area (Å²) in [7, 11) is 2.10. The molecule has 2 aromatic carbocycles. The van der Waals surface area contributed by atoms with Crippen molar-refractivity contribution in [1.82, 2.24) is 4.98 Å². The van der Waals surface area contributed by atoms with Crippen molar-refractivity contribution < 1.29 is 0 Å². The molecule has 1 aromatic heterocycles. The molecule has 0 bridgehead atoms. The largest absolute Gasteiger partial charge is 0.257 e. The summed E-state index contributed by atoms with van der Waals surface area (Å²) in [6.07, 6.45) is 1.95. The molecule has 0 unspecified atom stereocenters. The molecule has 0 aliphatic rings. The summed E-state index contributed by atoms with van der Waals surface area (Å²) in [5.41, 5.74) is 5.85. The fraction of sp³-hybridized carbons (Fsp3) is 0. The van der Waals surface area contributed by atoms with Gasteiger partial charge < -0.3 is 0 Å². The van der Waals surface area contributed by atoms with Gasteiger partial charge >= 0.3 is 0 Å². The first kappa shape index (κ1) is 11.7. The van der Waals surface area contributed by atoms with Gasteiger partial charge in [0.15, 0.2) is 0 Å². The Kier molecular flexibility index (Phi) is 3.15. The van der Waals surface area contributed by atoms with Crippen molar-refractivity contribution in [1.29, 1.82) is 0 Å². The van der Waals surface area contributed by atoms with Gasteiger partial charge in [0.05, 0.1) is 5.69 Å². The van der Waals surface area contributed by atoms with Crippen LogP contribution in [0.1, 0.15) is 0 Å². The normalized spacial score (nSPS) is 10.3. The van der Waals surface area contributed by atoms with Gasteiger partial charge in [0.2, 0.25) is 0 Å². The lowest BCUT2D eigenvalue weighted by molar-refractivity contribution is 1.34. The molecule has 0 saturated carbocycles. The molecule has 2 heteroatoms. The van der Waals surface area contributed by atoms with Crippen LogP contribution in [-0.4, -0.2) is 12.8 Å².